The Balaban J connectivity index is 1.70. The lowest BCUT2D eigenvalue weighted by Crippen LogP contribution is -2.40. The number of aromatic nitrogens is 1. The number of hydrogen-bond donors (Lipinski definition) is 3. The summed E-state index contributed by atoms with van der Waals surface area (Å²) in [4.78, 5) is 33.7. The van der Waals surface area contributed by atoms with Crippen LogP contribution in [0.1, 0.15) is 29.9 Å². The molecule has 9 heteroatoms. The fourth-order valence-electron chi connectivity index (χ4n) is 3.49. The third-order valence-corrected chi connectivity index (χ3v) is 5.58. The fraction of sp³-hybridized carbons (Fsp3) is 0.269. The Morgan fingerprint density at radius 1 is 0.971 bits per heavy atom. The van der Waals surface area contributed by atoms with Gasteiger partial charge in [-0.15, -0.1) is 0 Å². The summed E-state index contributed by atoms with van der Waals surface area (Å²) in [6.07, 6.45) is 1.57. The van der Waals surface area contributed by atoms with E-state index in [0.29, 0.717) is 30.2 Å². The molecule has 0 aliphatic rings. The van der Waals surface area contributed by atoms with E-state index in [1.165, 1.54) is 12.1 Å². The van der Waals surface area contributed by atoms with Gasteiger partial charge in [0.25, 0.3) is 5.91 Å². The number of halogens is 1. The number of carbonyl (C=O) groups excluding carboxylic acids is 2. The van der Waals surface area contributed by atoms with Gasteiger partial charge in [-0.25, -0.2) is 9.18 Å². The highest BCUT2D eigenvalue weighted by Crippen LogP contribution is 2.18. The van der Waals surface area contributed by atoms with Gasteiger partial charge in [-0.2, -0.15) is 0 Å². The highest BCUT2D eigenvalue weighted by atomic mass is 19.1. The van der Waals surface area contributed by atoms with Crippen molar-refractivity contribution < 1.29 is 14.0 Å². The Kier molecular flexibility index (Phi) is 9.14. The number of rotatable bonds is 10. The van der Waals surface area contributed by atoms with Crippen LogP contribution < -0.4 is 16.4 Å². The van der Waals surface area contributed by atoms with Crippen LogP contribution in [0.2, 0.25) is 0 Å². The number of anilines is 3. The number of likely N-dealkylation sites (N-methyl/N-ethyl adjacent to an activating group) is 1. The zero-order valence-corrected chi connectivity index (χ0v) is 20.0. The maximum atomic E-state index is 13.6. The number of para-hydroxylation sites is 2. The minimum Gasteiger partial charge on any atom is -0.397 e. The van der Waals surface area contributed by atoms with Crippen LogP contribution in [0.4, 0.5) is 26.2 Å². The number of nitrogens with zero attached hydrogens (tertiary/aromatic N) is 3. The zero-order chi connectivity index (χ0) is 25.2. The van der Waals surface area contributed by atoms with Gasteiger partial charge in [0, 0.05) is 31.5 Å². The Bertz CT molecular complexity index is 1130. The molecule has 8 nitrogen and oxygen atoms in total. The fourth-order valence-corrected chi connectivity index (χ4v) is 3.49. The standard InChI is InChI=1S/C26H31FN6O2/c1-3-32(4-2)14-15-33(26(35)30-21-9-7-8-20(27)16-21)18-19-12-13-24(29-17-19)25(34)31-23-11-6-5-10-22(23)28/h5-13,16-17H,3-4,14-15,18,28H2,1-2H3,(H,30,35)(H,31,34). The van der Waals surface area contributed by atoms with E-state index in [1.54, 1.807) is 59.6 Å². The van der Waals surface area contributed by atoms with Crippen molar-refractivity contribution in [3.05, 3.63) is 83.9 Å². The SMILES string of the molecule is CCN(CC)CCN(Cc1ccc(C(=O)Nc2ccccc2N)nc1)C(=O)Nc1cccc(F)c1. The van der Waals surface area contributed by atoms with Gasteiger partial charge in [-0.3, -0.25) is 9.78 Å². The van der Waals surface area contributed by atoms with Crippen molar-refractivity contribution >= 4 is 29.0 Å². The Hall–Kier alpha value is -3.98. The van der Waals surface area contributed by atoms with E-state index in [2.05, 4.69) is 34.4 Å². The van der Waals surface area contributed by atoms with Gasteiger partial charge in [-0.05, 0) is 55.1 Å². The molecule has 3 amide bonds. The summed E-state index contributed by atoms with van der Waals surface area (Å²) in [5.41, 5.74) is 8.24. The maximum absolute atomic E-state index is 13.6. The van der Waals surface area contributed by atoms with E-state index in [9.17, 15) is 14.0 Å². The molecule has 4 N–H and O–H groups in total. The molecule has 0 fully saturated rings. The van der Waals surface area contributed by atoms with Crippen molar-refractivity contribution in [2.45, 2.75) is 20.4 Å². The zero-order valence-electron chi connectivity index (χ0n) is 20.0. The Morgan fingerprint density at radius 3 is 2.40 bits per heavy atom. The van der Waals surface area contributed by atoms with Crippen LogP contribution in [0.5, 0.6) is 0 Å². The van der Waals surface area contributed by atoms with E-state index >= 15 is 0 Å². The van der Waals surface area contributed by atoms with Gasteiger partial charge in [0.1, 0.15) is 11.5 Å². The predicted molar refractivity (Wildman–Crippen MR) is 137 cm³/mol. The summed E-state index contributed by atoms with van der Waals surface area (Å²) < 4.78 is 13.6. The normalized spacial score (nSPS) is 10.7. The van der Waals surface area contributed by atoms with Gasteiger partial charge in [0.05, 0.1) is 11.4 Å². The highest BCUT2D eigenvalue weighted by molar-refractivity contribution is 6.04. The minimum absolute atomic E-state index is 0.232. The first kappa shape index (κ1) is 25.6. The molecule has 1 heterocycles. The van der Waals surface area contributed by atoms with Crippen LogP contribution in [-0.4, -0.2) is 52.9 Å². The largest absolute Gasteiger partial charge is 0.397 e. The van der Waals surface area contributed by atoms with Crippen LogP contribution in [0.3, 0.4) is 0 Å². The van der Waals surface area contributed by atoms with Gasteiger partial charge in [-0.1, -0.05) is 38.1 Å². The molecule has 0 spiro atoms. The summed E-state index contributed by atoms with van der Waals surface area (Å²) >= 11 is 0. The number of amides is 3. The number of urea groups is 1. The molecule has 0 bridgehead atoms. The third-order valence-electron chi connectivity index (χ3n) is 5.58. The Morgan fingerprint density at radius 2 is 1.74 bits per heavy atom. The smallest absolute Gasteiger partial charge is 0.322 e. The molecule has 0 aliphatic carbocycles. The number of nitrogens with one attached hydrogen (secondary N) is 2. The molecule has 0 saturated carbocycles. The lowest BCUT2D eigenvalue weighted by Gasteiger charge is -2.27. The first-order valence-corrected chi connectivity index (χ1v) is 11.5. The van der Waals surface area contributed by atoms with Crippen LogP contribution in [0.25, 0.3) is 0 Å². The van der Waals surface area contributed by atoms with E-state index in [-0.39, 0.29) is 24.2 Å². The van der Waals surface area contributed by atoms with Gasteiger partial charge < -0.3 is 26.2 Å². The van der Waals surface area contributed by atoms with Crippen molar-refractivity contribution in [2.24, 2.45) is 0 Å². The summed E-state index contributed by atoms with van der Waals surface area (Å²) in [5.74, 6) is -0.801. The minimum atomic E-state index is -0.423. The lowest BCUT2D eigenvalue weighted by atomic mass is 10.2. The molecule has 184 valence electrons. The number of carbonyl (C=O) groups is 2. The number of pyridine rings is 1. The van der Waals surface area contributed by atoms with E-state index in [0.717, 1.165) is 18.7 Å². The molecule has 3 rings (SSSR count). The summed E-state index contributed by atoms with van der Waals surface area (Å²) in [5, 5.41) is 5.50. The topological polar surface area (TPSA) is 104 Å². The van der Waals surface area contributed by atoms with Crippen LogP contribution in [0.15, 0.2) is 66.9 Å². The molecular weight excluding hydrogens is 447 g/mol. The maximum Gasteiger partial charge on any atom is 0.322 e. The summed E-state index contributed by atoms with van der Waals surface area (Å²) in [7, 11) is 0. The molecule has 35 heavy (non-hydrogen) atoms. The van der Waals surface area contributed by atoms with Crippen LogP contribution in [0, 0.1) is 5.82 Å². The quantitative estimate of drug-likeness (QED) is 0.374. The molecule has 0 aliphatic heterocycles. The average molecular weight is 479 g/mol. The molecule has 0 saturated heterocycles. The second-order valence-electron chi connectivity index (χ2n) is 7.98. The molecule has 0 radical (unpaired) electrons. The monoisotopic (exact) mass is 478 g/mol. The molecule has 2 aromatic carbocycles. The van der Waals surface area contributed by atoms with Crippen LogP contribution >= 0.6 is 0 Å². The summed E-state index contributed by atoms with van der Waals surface area (Å²) in [6.45, 7) is 7.31. The number of benzene rings is 2. The average Bonchev–Trinajstić information content (AvgIpc) is 2.85. The van der Waals surface area contributed by atoms with Crippen LogP contribution in [-0.2, 0) is 6.54 Å². The molecule has 0 atom stereocenters. The van der Waals surface area contributed by atoms with Gasteiger partial charge in [0.2, 0.25) is 0 Å². The van der Waals surface area contributed by atoms with E-state index in [4.69, 9.17) is 5.73 Å². The lowest BCUT2D eigenvalue weighted by molar-refractivity contribution is 0.102. The third kappa shape index (κ3) is 7.51. The van der Waals surface area contributed by atoms with Crippen molar-refractivity contribution in [3.8, 4) is 0 Å². The molecule has 0 unspecified atom stereocenters. The number of nitrogen functional groups attached to an aromatic ring is 1. The van der Waals surface area contributed by atoms with E-state index < -0.39 is 5.82 Å². The first-order valence-electron chi connectivity index (χ1n) is 11.5. The highest BCUT2D eigenvalue weighted by Gasteiger charge is 2.17. The second-order valence-corrected chi connectivity index (χ2v) is 7.98. The molecule has 3 aromatic rings. The van der Waals surface area contributed by atoms with Gasteiger partial charge in [0.15, 0.2) is 0 Å². The van der Waals surface area contributed by atoms with Crippen molar-refractivity contribution in [2.75, 3.05) is 42.5 Å². The second kappa shape index (κ2) is 12.5. The predicted octanol–water partition coefficient (Wildman–Crippen LogP) is 4.43. The number of nitrogens with two attached hydrogens (primary N) is 1. The Labute approximate surface area is 204 Å². The summed E-state index contributed by atoms with van der Waals surface area (Å²) in [6, 6.07) is 15.8. The first-order chi connectivity index (χ1) is 16.9. The van der Waals surface area contributed by atoms with Gasteiger partial charge >= 0.3 is 6.03 Å². The van der Waals surface area contributed by atoms with Crippen molar-refractivity contribution in [1.82, 2.24) is 14.8 Å². The van der Waals surface area contributed by atoms with Crippen molar-refractivity contribution in [1.29, 1.82) is 0 Å². The van der Waals surface area contributed by atoms with E-state index in [1.807, 2.05) is 0 Å². The molecule has 1 aromatic heterocycles. The number of hydrogen-bond acceptors (Lipinski definition) is 5. The van der Waals surface area contributed by atoms with Crippen molar-refractivity contribution in [3.63, 3.8) is 0 Å². The molecular formula is C26H31FN6O2.